The maximum Gasteiger partial charge on any atom is 0.258 e. The number of aromatic hydroxyl groups is 1. The molecule has 0 spiro atoms. The quantitative estimate of drug-likeness (QED) is 0.867. The van der Waals surface area contributed by atoms with Crippen molar-refractivity contribution < 1.29 is 9.90 Å². The van der Waals surface area contributed by atoms with E-state index in [-0.39, 0.29) is 11.7 Å². The third kappa shape index (κ3) is 2.51. The van der Waals surface area contributed by atoms with Gasteiger partial charge in [0.15, 0.2) is 0 Å². The number of carbonyl (C=O) groups excluding carboxylic acids is 1. The van der Waals surface area contributed by atoms with Crippen LogP contribution in [0, 0.1) is 13.8 Å². The van der Waals surface area contributed by atoms with Gasteiger partial charge in [-0.1, -0.05) is 29.3 Å². The number of rotatable bonds is 1. The summed E-state index contributed by atoms with van der Waals surface area (Å²) in [6, 6.07) is 11.3. The van der Waals surface area contributed by atoms with E-state index in [0.29, 0.717) is 17.8 Å². The molecule has 1 N–H and O–H groups in total. The molecule has 0 atom stereocenters. The number of anilines is 1. The van der Waals surface area contributed by atoms with Crippen LogP contribution in [0.3, 0.4) is 0 Å². The van der Waals surface area contributed by atoms with Crippen LogP contribution in [-0.4, -0.2) is 17.6 Å². The van der Waals surface area contributed by atoms with Gasteiger partial charge in [-0.3, -0.25) is 4.79 Å². The van der Waals surface area contributed by atoms with E-state index >= 15 is 0 Å². The van der Waals surface area contributed by atoms with Gasteiger partial charge in [-0.25, -0.2) is 0 Å². The Morgan fingerprint density at radius 1 is 1.14 bits per heavy atom. The SMILES string of the molecule is Cc1cc(C)cc(C(=O)N2CCCc3cccc(O)c32)c1. The summed E-state index contributed by atoms with van der Waals surface area (Å²) in [5.41, 5.74) is 4.55. The summed E-state index contributed by atoms with van der Waals surface area (Å²) < 4.78 is 0. The van der Waals surface area contributed by atoms with Crippen molar-refractivity contribution in [3.8, 4) is 5.75 Å². The van der Waals surface area contributed by atoms with Gasteiger partial charge in [0.05, 0.1) is 5.69 Å². The summed E-state index contributed by atoms with van der Waals surface area (Å²) >= 11 is 0. The zero-order chi connectivity index (χ0) is 15.0. The first-order valence-electron chi connectivity index (χ1n) is 7.27. The second kappa shape index (κ2) is 5.24. The second-order valence-corrected chi connectivity index (χ2v) is 5.72. The number of amides is 1. The molecule has 1 aliphatic heterocycles. The first kappa shape index (κ1) is 13.7. The molecular formula is C18H19NO2. The molecule has 21 heavy (non-hydrogen) atoms. The lowest BCUT2D eigenvalue weighted by Gasteiger charge is -2.30. The fourth-order valence-corrected chi connectivity index (χ4v) is 3.09. The van der Waals surface area contributed by atoms with E-state index in [1.165, 1.54) is 0 Å². The molecule has 3 nitrogen and oxygen atoms in total. The molecule has 0 aromatic heterocycles. The molecule has 3 rings (SSSR count). The number of hydrogen-bond donors (Lipinski definition) is 1. The molecule has 0 fully saturated rings. The van der Waals surface area contributed by atoms with Gasteiger partial charge >= 0.3 is 0 Å². The Hall–Kier alpha value is -2.29. The van der Waals surface area contributed by atoms with Crippen LogP contribution < -0.4 is 4.90 Å². The largest absolute Gasteiger partial charge is 0.506 e. The van der Waals surface area contributed by atoms with Gasteiger partial charge in [-0.05, 0) is 50.5 Å². The van der Waals surface area contributed by atoms with Crippen molar-refractivity contribution in [2.75, 3.05) is 11.4 Å². The minimum Gasteiger partial charge on any atom is -0.506 e. The van der Waals surface area contributed by atoms with Crippen LogP contribution in [0.2, 0.25) is 0 Å². The maximum atomic E-state index is 12.8. The van der Waals surface area contributed by atoms with Gasteiger partial charge in [0.25, 0.3) is 5.91 Å². The average Bonchev–Trinajstić information content (AvgIpc) is 2.45. The van der Waals surface area contributed by atoms with Gasteiger partial charge in [-0.2, -0.15) is 0 Å². The lowest BCUT2D eigenvalue weighted by molar-refractivity contribution is 0.0984. The molecule has 1 aliphatic rings. The Morgan fingerprint density at radius 3 is 2.57 bits per heavy atom. The Morgan fingerprint density at radius 2 is 1.86 bits per heavy atom. The summed E-state index contributed by atoms with van der Waals surface area (Å²) in [6.45, 7) is 4.63. The van der Waals surface area contributed by atoms with Gasteiger partial charge in [0.2, 0.25) is 0 Å². The summed E-state index contributed by atoms with van der Waals surface area (Å²) in [7, 11) is 0. The molecule has 0 aliphatic carbocycles. The van der Waals surface area contributed by atoms with Crippen LogP contribution >= 0.6 is 0 Å². The summed E-state index contributed by atoms with van der Waals surface area (Å²) in [5.74, 6) is 0.147. The van der Waals surface area contributed by atoms with Crippen LogP contribution in [0.4, 0.5) is 5.69 Å². The third-order valence-corrected chi connectivity index (χ3v) is 3.91. The molecule has 0 saturated carbocycles. The van der Waals surface area contributed by atoms with Crippen molar-refractivity contribution in [2.24, 2.45) is 0 Å². The standard InChI is InChI=1S/C18H19NO2/c1-12-9-13(2)11-15(10-12)18(21)19-8-4-6-14-5-3-7-16(20)17(14)19/h3,5,7,9-11,20H,4,6,8H2,1-2H3. The number of benzene rings is 2. The number of nitrogens with zero attached hydrogens (tertiary/aromatic N) is 1. The maximum absolute atomic E-state index is 12.8. The summed E-state index contributed by atoms with van der Waals surface area (Å²) in [4.78, 5) is 14.5. The zero-order valence-corrected chi connectivity index (χ0v) is 12.4. The predicted octanol–water partition coefficient (Wildman–Crippen LogP) is 3.60. The molecule has 108 valence electrons. The van der Waals surface area contributed by atoms with E-state index < -0.39 is 0 Å². The average molecular weight is 281 g/mol. The van der Waals surface area contributed by atoms with Crippen molar-refractivity contribution in [3.05, 3.63) is 58.7 Å². The topological polar surface area (TPSA) is 40.5 Å². The fraction of sp³-hybridized carbons (Fsp3) is 0.278. The molecule has 2 aromatic rings. The van der Waals surface area contributed by atoms with Crippen molar-refractivity contribution >= 4 is 11.6 Å². The van der Waals surface area contributed by atoms with Gasteiger partial charge < -0.3 is 10.0 Å². The van der Waals surface area contributed by atoms with Crippen LogP contribution in [0.15, 0.2) is 36.4 Å². The molecule has 0 unspecified atom stereocenters. The number of fused-ring (bicyclic) bond motifs is 1. The fourth-order valence-electron chi connectivity index (χ4n) is 3.09. The Labute approximate surface area is 124 Å². The highest BCUT2D eigenvalue weighted by molar-refractivity contribution is 6.07. The number of aryl methyl sites for hydroxylation is 3. The molecule has 0 saturated heterocycles. The van der Waals surface area contributed by atoms with E-state index in [1.807, 2.05) is 38.1 Å². The number of phenols is 1. The molecule has 0 bridgehead atoms. The Bertz CT molecular complexity index is 686. The van der Waals surface area contributed by atoms with Crippen LogP contribution in [0.1, 0.15) is 33.5 Å². The summed E-state index contributed by atoms with van der Waals surface area (Å²) in [6.07, 6.45) is 1.83. The van der Waals surface area contributed by atoms with Crippen LogP contribution in [0.25, 0.3) is 0 Å². The lowest BCUT2D eigenvalue weighted by atomic mass is 9.99. The van der Waals surface area contributed by atoms with Crippen molar-refractivity contribution in [3.63, 3.8) is 0 Å². The van der Waals surface area contributed by atoms with Gasteiger partial charge in [0.1, 0.15) is 5.75 Å². The third-order valence-electron chi connectivity index (χ3n) is 3.91. The van der Waals surface area contributed by atoms with E-state index in [2.05, 4.69) is 6.07 Å². The number of para-hydroxylation sites is 1. The van der Waals surface area contributed by atoms with E-state index in [9.17, 15) is 9.90 Å². The van der Waals surface area contributed by atoms with Crippen molar-refractivity contribution in [2.45, 2.75) is 26.7 Å². The van der Waals surface area contributed by atoms with Crippen molar-refractivity contribution in [1.29, 1.82) is 0 Å². The molecule has 1 amide bonds. The Kier molecular flexibility index (Phi) is 3.42. The van der Waals surface area contributed by atoms with Gasteiger partial charge in [-0.15, -0.1) is 0 Å². The second-order valence-electron chi connectivity index (χ2n) is 5.72. The number of hydrogen-bond acceptors (Lipinski definition) is 2. The highest BCUT2D eigenvalue weighted by Gasteiger charge is 2.26. The number of carbonyl (C=O) groups is 1. The molecule has 1 heterocycles. The highest BCUT2D eigenvalue weighted by Crippen LogP contribution is 2.36. The number of phenolic OH excluding ortho intramolecular Hbond substituents is 1. The predicted molar refractivity (Wildman–Crippen MR) is 84.0 cm³/mol. The smallest absolute Gasteiger partial charge is 0.258 e. The van der Waals surface area contributed by atoms with E-state index in [4.69, 9.17) is 0 Å². The molecule has 0 radical (unpaired) electrons. The monoisotopic (exact) mass is 281 g/mol. The molecular weight excluding hydrogens is 262 g/mol. The first-order valence-corrected chi connectivity index (χ1v) is 7.27. The van der Waals surface area contributed by atoms with E-state index in [1.54, 1.807) is 11.0 Å². The summed E-state index contributed by atoms with van der Waals surface area (Å²) in [5, 5.41) is 10.1. The van der Waals surface area contributed by atoms with Gasteiger partial charge in [0, 0.05) is 12.1 Å². The minimum absolute atomic E-state index is 0.0377. The van der Waals surface area contributed by atoms with Crippen LogP contribution in [0.5, 0.6) is 5.75 Å². The lowest BCUT2D eigenvalue weighted by Crippen LogP contribution is -2.35. The molecule has 2 aromatic carbocycles. The van der Waals surface area contributed by atoms with E-state index in [0.717, 1.165) is 29.5 Å². The Balaban J connectivity index is 2.04. The minimum atomic E-state index is -0.0377. The normalized spacial score (nSPS) is 13.9. The zero-order valence-electron chi connectivity index (χ0n) is 12.4. The van der Waals surface area contributed by atoms with Crippen LogP contribution in [-0.2, 0) is 6.42 Å². The molecule has 3 heteroatoms. The van der Waals surface area contributed by atoms with Crippen molar-refractivity contribution in [1.82, 2.24) is 0 Å². The highest BCUT2D eigenvalue weighted by atomic mass is 16.3. The first-order chi connectivity index (χ1) is 10.1.